The molecule has 0 aliphatic carbocycles. The molecule has 3 unspecified atom stereocenters. The van der Waals surface area contributed by atoms with Gasteiger partial charge in [-0.1, -0.05) is 12.1 Å². The van der Waals surface area contributed by atoms with Crippen LogP contribution < -0.4 is 4.74 Å². The zero-order chi connectivity index (χ0) is 14.5. The number of aliphatic hydroxyl groups excluding tert-OH is 1. The summed E-state index contributed by atoms with van der Waals surface area (Å²) in [5.74, 6) is 0.816. The van der Waals surface area contributed by atoms with Crippen molar-refractivity contribution in [2.24, 2.45) is 0 Å². The van der Waals surface area contributed by atoms with Crippen molar-refractivity contribution in [1.82, 2.24) is 4.90 Å². The van der Waals surface area contributed by atoms with Gasteiger partial charge in [-0.15, -0.1) is 0 Å². The minimum atomic E-state index is -0.422. The van der Waals surface area contributed by atoms with Crippen LogP contribution in [0.15, 0.2) is 24.3 Å². The lowest BCUT2D eigenvalue weighted by Crippen LogP contribution is -2.45. The van der Waals surface area contributed by atoms with E-state index >= 15 is 0 Å². The van der Waals surface area contributed by atoms with Crippen LogP contribution in [0, 0.1) is 0 Å². The molecule has 1 heterocycles. The van der Waals surface area contributed by atoms with Gasteiger partial charge < -0.3 is 14.6 Å². The molecule has 0 spiro atoms. The molecule has 0 aromatic heterocycles. The average molecular weight is 279 g/mol. The number of rotatable bonds is 5. The fourth-order valence-corrected chi connectivity index (χ4v) is 2.76. The highest BCUT2D eigenvalue weighted by Gasteiger charge is 2.22. The van der Waals surface area contributed by atoms with Crippen LogP contribution in [0.3, 0.4) is 0 Å². The molecule has 4 heteroatoms. The van der Waals surface area contributed by atoms with E-state index in [2.05, 4.69) is 18.7 Å². The Morgan fingerprint density at radius 1 is 1.25 bits per heavy atom. The molecule has 0 radical (unpaired) electrons. The Bertz CT molecular complexity index is 397. The predicted molar refractivity (Wildman–Crippen MR) is 79.0 cm³/mol. The summed E-state index contributed by atoms with van der Waals surface area (Å²) >= 11 is 0. The molecular formula is C16H25NO3. The monoisotopic (exact) mass is 279 g/mol. The van der Waals surface area contributed by atoms with Gasteiger partial charge in [0, 0.05) is 19.6 Å². The van der Waals surface area contributed by atoms with Crippen LogP contribution in [0.1, 0.15) is 31.9 Å². The molecule has 3 atom stereocenters. The highest BCUT2D eigenvalue weighted by atomic mass is 16.5. The third-order valence-corrected chi connectivity index (χ3v) is 3.71. The molecule has 4 nitrogen and oxygen atoms in total. The second kappa shape index (κ2) is 7.07. The summed E-state index contributed by atoms with van der Waals surface area (Å²) in [6, 6.07) is 7.62. The molecule has 1 aliphatic heterocycles. The first-order chi connectivity index (χ1) is 9.58. The molecule has 0 saturated carbocycles. The standard InChI is InChI=1S/C16H25NO3/c1-12-10-17(11-13(2)20-12)9-8-16(18)14-4-6-15(19-3)7-5-14/h4-7,12-13,16,18H,8-11H2,1-3H3. The van der Waals surface area contributed by atoms with Gasteiger partial charge in [-0.05, 0) is 38.0 Å². The Kier molecular flexibility index (Phi) is 5.40. The van der Waals surface area contributed by atoms with Crippen LogP contribution in [0.2, 0.25) is 0 Å². The van der Waals surface area contributed by atoms with Gasteiger partial charge >= 0.3 is 0 Å². The normalized spacial score (nSPS) is 25.4. The smallest absolute Gasteiger partial charge is 0.118 e. The molecule has 2 rings (SSSR count). The van der Waals surface area contributed by atoms with Gasteiger partial charge in [-0.25, -0.2) is 0 Å². The third kappa shape index (κ3) is 4.20. The maximum atomic E-state index is 10.2. The van der Waals surface area contributed by atoms with Gasteiger partial charge in [0.1, 0.15) is 5.75 Å². The summed E-state index contributed by atoms with van der Waals surface area (Å²) in [6.45, 7) is 6.98. The van der Waals surface area contributed by atoms with Crippen molar-refractivity contribution in [1.29, 1.82) is 0 Å². The lowest BCUT2D eigenvalue weighted by Gasteiger charge is -2.35. The second-order valence-electron chi connectivity index (χ2n) is 5.59. The fourth-order valence-electron chi connectivity index (χ4n) is 2.76. The lowest BCUT2D eigenvalue weighted by molar-refractivity contribution is -0.0702. The third-order valence-electron chi connectivity index (χ3n) is 3.71. The number of nitrogens with zero attached hydrogens (tertiary/aromatic N) is 1. The van der Waals surface area contributed by atoms with Crippen molar-refractivity contribution in [3.63, 3.8) is 0 Å². The summed E-state index contributed by atoms with van der Waals surface area (Å²) in [7, 11) is 1.65. The maximum Gasteiger partial charge on any atom is 0.118 e. The molecular weight excluding hydrogens is 254 g/mol. The van der Waals surface area contributed by atoms with Crippen molar-refractivity contribution >= 4 is 0 Å². The number of hydrogen-bond donors (Lipinski definition) is 1. The number of benzene rings is 1. The topological polar surface area (TPSA) is 41.9 Å². The Morgan fingerprint density at radius 2 is 1.85 bits per heavy atom. The highest BCUT2D eigenvalue weighted by Crippen LogP contribution is 2.21. The summed E-state index contributed by atoms with van der Waals surface area (Å²) in [5.41, 5.74) is 0.945. The van der Waals surface area contributed by atoms with Gasteiger partial charge in [0.2, 0.25) is 0 Å². The van der Waals surface area contributed by atoms with Gasteiger partial charge in [0.05, 0.1) is 25.4 Å². The Labute approximate surface area is 121 Å². The van der Waals surface area contributed by atoms with Crippen molar-refractivity contribution < 1.29 is 14.6 Å². The van der Waals surface area contributed by atoms with Crippen LogP contribution in [0.4, 0.5) is 0 Å². The molecule has 0 amide bonds. The summed E-state index contributed by atoms with van der Waals surface area (Å²) < 4.78 is 10.8. The summed E-state index contributed by atoms with van der Waals surface area (Å²) in [4.78, 5) is 2.37. The van der Waals surface area contributed by atoms with E-state index in [-0.39, 0.29) is 12.2 Å². The molecule has 1 N–H and O–H groups in total. The van der Waals surface area contributed by atoms with Crippen molar-refractivity contribution in [3.05, 3.63) is 29.8 Å². The first-order valence-electron chi connectivity index (χ1n) is 7.28. The van der Waals surface area contributed by atoms with Gasteiger partial charge in [-0.3, -0.25) is 4.90 Å². The Balaban J connectivity index is 1.83. The van der Waals surface area contributed by atoms with Crippen molar-refractivity contribution in [3.8, 4) is 5.75 Å². The van der Waals surface area contributed by atoms with E-state index in [0.29, 0.717) is 0 Å². The zero-order valence-corrected chi connectivity index (χ0v) is 12.6. The summed E-state index contributed by atoms with van der Waals surface area (Å²) in [6.07, 6.45) is 0.870. The lowest BCUT2D eigenvalue weighted by atomic mass is 10.1. The Hall–Kier alpha value is -1.10. The van der Waals surface area contributed by atoms with Crippen molar-refractivity contribution in [2.45, 2.75) is 38.6 Å². The molecule has 1 fully saturated rings. The first-order valence-corrected chi connectivity index (χ1v) is 7.28. The van der Waals surface area contributed by atoms with Crippen LogP contribution in [0.25, 0.3) is 0 Å². The minimum absolute atomic E-state index is 0.275. The molecule has 1 saturated heterocycles. The molecule has 1 aromatic carbocycles. The van der Waals surface area contributed by atoms with Crippen molar-refractivity contribution in [2.75, 3.05) is 26.7 Å². The first kappa shape index (κ1) is 15.3. The molecule has 112 valence electrons. The number of ether oxygens (including phenoxy) is 2. The van der Waals surface area contributed by atoms with E-state index in [4.69, 9.17) is 9.47 Å². The number of hydrogen-bond acceptors (Lipinski definition) is 4. The SMILES string of the molecule is COc1ccc(C(O)CCN2CC(C)OC(C)C2)cc1. The van der Waals surface area contributed by atoms with E-state index in [1.165, 1.54) is 0 Å². The second-order valence-corrected chi connectivity index (χ2v) is 5.59. The van der Waals surface area contributed by atoms with Gasteiger partial charge in [0.15, 0.2) is 0 Å². The molecule has 0 bridgehead atoms. The summed E-state index contributed by atoms with van der Waals surface area (Å²) in [5, 5.41) is 10.2. The molecule has 1 aromatic rings. The molecule has 1 aliphatic rings. The van der Waals surface area contributed by atoms with Gasteiger partial charge in [0.25, 0.3) is 0 Å². The quantitative estimate of drug-likeness (QED) is 0.897. The average Bonchev–Trinajstić information content (AvgIpc) is 2.44. The number of methoxy groups -OCH3 is 1. The van der Waals surface area contributed by atoms with E-state index in [9.17, 15) is 5.11 Å². The fraction of sp³-hybridized carbons (Fsp3) is 0.625. The molecule has 20 heavy (non-hydrogen) atoms. The Morgan fingerprint density at radius 3 is 2.40 bits per heavy atom. The van der Waals surface area contributed by atoms with Gasteiger partial charge in [-0.2, -0.15) is 0 Å². The largest absolute Gasteiger partial charge is 0.497 e. The van der Waals surface area contributed by atoms with Crippen LogP contribution in [-0.4, -0.2) is 49.0 Å². The van der Waals surface area contributed by atoms with Crippen LogP contribution >= 0.6 is 0 Å². The van der Waals surface area contributed by atoms with E-state index in [1.54, 1.807) is 7.11 Å². The minimum Gasteiger partial charge on any atom is -0.497 e. The number of aliphatic hydroxyl groups is 1. The van der Waals surface area contributed by atoms with Crippen LogP contribution in [0.5, 0.6) is 5.75 Å². The predicted octanol–water partition coefficient (Wildman–Crippen LogP) is 2.23. The highest BCUT2D eigenvalue weighted by molar-refractivity contribution is 5.28. The van der Waals surface area contributed by atoms with E-state index < -0.39 is 6.10 Å². The zero-order valence-electron chi connectivity index (χ0n) is 12.6. The van der Waals surface area contributed by atoms with Crippen LogP contribution in [-0.2, 0) is 4.74 Å². The number of morpholine rings is 1. The van der Waals surface area contributed by atoms with E-state index in [0.717, 1.165) is 37.4 Å². The van der Waals surface area contributed by atoms with E-state index in [1.807, 2.05) is 24.3 Å². The maximum absolute atomic E-state index is 10.2.